The lowest BCUT2D eigenvalue weighted by atomic mass is 9.99. The van der Waals surface area contributed by atoms with Crippen LogP contribution in [0.4, 0.5) is 0 Å². The molecule has 0 aliphatic rings. The Kier molecular flexibility index (Phi) is 16.3. The molecule has 4 atom stereocenters. The minimum atomic E-state index is -0.535. The van der Waals surface area contributed by atoms with Crippen LogP contribution < -0.4 is 5.73 Å². The van der Waals surface area contributed by atoms with E-state index in [-0.39, 0.29) is 19.4 Å². The molecule has 0 aliphatic carbocycles. The second-order valence-corrected chi connectivity index (χ2v) is 8.12. The Hall–Kier alpha value is -2.69. The largest absolute Gasteiger partial charge is 0.463 e. The average Bonchev–Trinajstić information content (AvgIpc) is 2.68. The molecule has 0 radical (unpaired) electrons. The van der Waals surface area contributed by atoms with Gasteiger partial charge in [0, 0.05) is 54.1 Å². The van der Waals surface area contributed by atoms with Crippen molar-refractivity contribution in [1.29, 1.82) is 0 Å². The first-order valence-corrected chi connectivity index (χ1v) is 11.4. The molecular formula is C23H39NO10. The van der Waals surface area contributed by atoms with Crippen molar-refractivity contribution in [2.24, 2.45) is 5.73 Å². The van der Waals surface area contributed by atoms with E-state index in [0.717, 1.165) is 0 Å². The van der Waals surface area contributed by atoms with Gasteiger partial charge in [-0.15, -0.1) is 0 Å². The Labute approximate surface area is 200 Å². The van der Waals surface area contributed by atoms with E-state index in [9.17, 15) is 24.0 Å². The molecule has 0 saturated carbocycles. The number of carbonyl (C=O) groups excluding carboxylic acids is 5. The second kappa shape index (κ2) is 17.7. The van der Waals surface area contributed by atoms with Gasteiger partial charge in [-0.1, -0.05) is 0 Å². The summed E-state index contributed by atoms with van der Waals surface area (Å²) >= 11 is 0. The molecule has 0 saturated heterocycles. The normalized spacial score (nSPS) is 14.3. The van der Waals surface area contributed by atoms with Crippen LogP contribution in [0.2, 0.25) is 0 Å². The summed E-state index contributed by atoms with van der Waals surface area (Å²) in [5.74, 6) is -2.28. The number of rotatable bonds is 18. The molecule has 0 aromatic heterocycles. The monoisotopic (exact) mass is 489 g/mol. The van der Waals surface area contributed by atoms with Crippen molar-refractivity contribution < 1.29 is 47.7 Å². The lowest BCUT2D eigenvalue weighted by Crippen LogP contribution is -2.29. The zero-order valence-corrected chi connectivity index (χ0v) is 20.8. The number of nitrogens with two attached hydrogens (primary N) is 1. The van der Waals surface area contributed by atoms with E-state index in [1.807, 2.05) is 0 Å². The molecule has 2 unspecified atom stereocenters. The van der Waals surface area contributed by atoms with Gasteiger partial charge in [-0.25, -0.2) is 0 Å². The highest BCUT2D eigenvalue weighted by atomic mass is 16.6. The van der Waals surface area contributed by atoms with Gasteiger partial charge in [0.05, 0.1) is 6.10 Å². The Balaban J connectivity index is 5.03. The van der Waals surface area contributed by atoms with Gasteiger partial charge in [0.25, 0.3) is 0 Å². The van der Waals surface area contributed by atoms with Crippen molar-refractivity contribution in [3.05, 3.63) is 0 Å². The van der Waals surface area contributed by atoms with E-state index in [2.05, 4.69) is 0 Å². The van der Waals surface area contributed by atoms with Crippen LogP contribution in [0.25, 0.3) is 0 Å². The topological polar surface area (TPSA) is 158 Å². The summed E-state index contributed by atoms with van der Waals surface area (Å²) in [4.78, 5) is 56.7. The van der Waals surface area contributed by atoms with Crippen molar-refractivity contribution in [3.8, 4) is 0 Å². The molecule has 0 spiro atoms. The number of hydrogen-bond donors (Lipinski definition) is 1. The molecule has 2 N–H and O–H groups in total. The molecule has 1 amide bonds. The first-order chi connectivity index (χ1) is 15.9. The molecule has 0 heterocycles. The average molecular weight is 490 g/mol. The molecule has 11 heteroatoms. The Morgan fingerprint density at radius 3 is 1.41 bits per heavy atom. The highest BCUT2D eigenvalue weighted by Gasteiger charge is 2.24. The maximum absolute atomic E-state index is 11.6. The summed E-state index contributed by atoms with van der Waals surface area (Å²) in [6.45, 7) is 5.21. The minimum absolute atomic E-state index is 0.0367. The van der Waals surface area contributed by atoms with Crippen LogP contribution in [-0.2, 0) is 47.7 Å². The van der Waals surface area contributed by atoms with Crippen LogP contribution in [0.3, 0.4) is 0 Å². The first-order valence-electron chi connectivity index (χ1n) is 11.4. The Morgan fingerprint density at radius 1 is 0.647 bits per heavy atom. The van der Waals surface area contributed by atoms with Crippen molar-refractivity contribution in [1.82, 2.24) is 0 Å². The number of primary amides is 1. The van der Waals surface area contributed by atoms with Crippen molar-refractivity contribution in [2.75, 3.05) is 13.7 Å². The SMILES string of the molecule is COC(COC(C)=O)CC(CCC[C@@H](C[C@@H](CCCC(N)=O)OC(C)=O)OC(C)=O)OC(C)=O. The van der Waals surface area contributed by atoms with Gasteiger partial charge in [0.1, 0.15) is 24.9 Å². The van der Waals surface area contributed by atoms with Gasteiger partial charge >= 0.3 is 23.9 Å². The molecule has 34 heavy (non-hydrogen) atoms. The van der Waals surface area contributed by atoms with Crippen LogP contribution >= 0.6 is 0 Å². The molecule has 0 rings (SSSR count). The maximum atomic E-state index is 11.6. The number of ether oxygens (including phenoxy) is 5. The van der Waals surface area contributed by atoms with Gasteiger partial charge in [-0.05, 0) is 32.1 Å². The molecular weight excluding hydrogens is 450 g/mol. The quantitative estimate of drug-likeness (QED) is 0.223. The minimum Gasteiger partial charge on any atom is -0.463 e. The lowest BCUT2D eigenvalue weighted by Gasteiger charge is -2.25. The molecule has 0 fully saturated rings. The lowest BCUT2D eigenvalue weighted by molar-refractivity contribution is -0.153. The highest BCUT2D eigenvalue weighted by Crippen LogP contribution is 2.21. The van der Waals surface area contributed by atoms with Crippen LogP contribution in [0, 0.1) is 0 Å². The number of amides is 1. The standard InChI is InChI=1S/C23H39NO10/c1-15(25)31-14-22(30-5)13-21(34-18(4)28)9-6-8-19(32-16(2)26)12-20(33-17(3)27)10-7-11-23(24)29/h19-22H,6-14H2,1-5H3,(H2,24,29)/t19-,20+,21?,22?/m0/s1. The van der Waals surface area contributed by atoms with E-state index in [1.54, 1.807) is 0 Å². The number of hydrogen-bond acceptors (Lipinski definition) is 10. The molecule has 0 bridgehead atoms. The van der Waals surface area contributed by atoms with Gasteiger partial charge in [-0.3, -0.25) is 24.0 Å². The molecule has 0 aromatic carbocycles. The molecule has 196 valence electrons. The zero-order valence-electron chi connectivity index (χ0n) is 20.8. The first kappa shape index (κ1) is 31.3. The van der Waals surface area contributed by atoms with Crippen LogP contribution in [-0.4, -0.2) is 67.9 Å². The van der Waals surface area contributed by atoms with Crippen molar-refractivity contribution in [3.63, 3.8) is 0 Å². The van der Waals surface area contributed by atoms with E-state index >= 15 is 0 Å². The summed E-state index contributed by atoms with van der Waals surface area (Å²) in [6.07, 6.45) is 1.02. The summed E-state index contributed by atoms with van der Waals surface area (Å²) in [5, 5.41) is 0. The maximum Gasteiger partial charge on any atom is 0.302 e. The number of esters is 4. The van der Waals surface area contributed by atoms with Crippen molar-refractivity contribution in [2.45, 2.75) is 103 Å². The summed E-state index contributed by atoms with van der Waals surface area (Å²) in [6, 6.07) is 0. The third-order valence-corrected chi connectivity index (χ3v) is 4.86. The predicted molar refractivity (Wildman–Crippen MR) is 120 cm³/mol. The fourth-order valence-electron chi connectivity index (χ4n) is 3.48. The highest BCUT2D eigenvalue weighted by molar-refractivity contribution is 5.73. The molecule has 0 aromatic rings. The fraction of sp³-hybridized carbons (Fsp3) is 0.783. The summed E-state index contributed by atoms with van der Waals surface area (Å²) in [7, 11) is 1.48. The van der Waals surface area contributed by atoms with E-state index in [1.165, 1.54) is 34.8 Å². The van der Waals surface area contributed by atoms with E-state index in [4.69, 9.17) is 29.4 Å². The van der Waals surface area contributed by atoms with Crippen LogP contribution in [0.15, 0.2) is 0 Å². The van der Waals surface area contributed by atoms with E-state index in [0.29, 0.717) is 38.5 Å². The third-order valence-electron chi connectivity index (χ3n) is 4.86. The van der Waals surface area contributed by atoms with Crippen LogP contribution in [0.1, 0.15) is 79.1 Å². The van der Waals surface area contributed by atoms with Gasteiger partial charge in [-0.2, -0.15) is 0 Å². The number of carbonyl (C=O) groups is 5. The van der Waals surface area contributed by atoms with E-state index < -0.39 is 54.2 Å². The predicted octanol–water partition coefficient (Wildman–Crippen LogP) is 1.97. The molecule has 11 nitrogen and oxygen atoms in total. The Bertz CT molecular complexity index is 666. The Morgan fingerprint density at radius 2 is 1.06 bits per heavy atom. The summed E-state index contributed by atoms with van der Waals surface area (Å²) < 4.78 is 26.4. The molecule has 0 aliphatic heterocycles. The zero-order chi connectivity index (χ0) is 26.1. The van der Waals surface area contributed by atoms with Gasteiger partial charge in [0.15, 0.2) is 0 Å². The fourth-order valence-corrected chi connectivity index (χ4v) is 3.48. The smallest absolute Gasteiger partial charge is 0.302 e. The summed E-state index contributed by atoms with van der Waals surface area (Å²) in [5.41, 5.74) is 5.17. The van der Waals surface area contributed by atoms with Crippen molar-refractivity contribution >= 4 is 29.8 Å². The van der Waals surface area contributed by atoms with Crippen LogP contribution in [0.5, 0.6) is 0 Å². The van der Waals surface area contributed by atoms with Gasteiger partial charge < -0.3 is 29.4 Å². The second-order valence-electron chi connectivity index (χ2n) is 8.12. The number of methoxy groups -OCH3 is 1. The third kappa shape index (κ3) is 17.8. The van der Waals surface area contributed by atoms with Gasteiger partial charge in [0.2, 0.25) is 5.91 Å².